The fourth-order valence-corrected chi connectivity index (χ4v) is 2.91. The first-order valence-corrected chi connectivity index (χ1v) is 8.31. The fraction of sp³-hybridized carbons (Fsp3) is 0.222. The van der Waals surface area contributed by atoms with Crippen LogP contribution in [0.25, 0.3) is 0 Å². The number of anilines is 2. The summed E-state index contributed by atoms with van der Waals surface area (Å²) in [5, 5.41) is 6.62. The van der Waals surface area contributed by atoms with E-state index in [1.807, 2.05) is 6.92 Å². The second-order valence-electron chi connectivity index (χ2n) is 5.93. The molecule has 3 rings (SSSR count). The zero-order chi connectivity index (χ0) is 17.3. The predicted molar refractivity (Wildman–Crippen MR) is 96.6 cm³/mol. The molecular weight excluding hydrogens is 347 g/mol. The lowest BCUT2D eigenvalue weighted by atomic mass is 10.0. The van der Waals surface area contributed by atoms with Crippen LogP contribution < -0.4 is 10.6 Å². The molecule has 4 nitrogen and oxygen atoms in total. The van der Waals surface area contributed by atoms with Gasteiger partial charge < -0.3 is 10.6 Å². The first kappa shape index (κ1) is 16.8. The number of para-hydroxylation sites is 1. The van der Waals surface area contributed by atoms with E-state index < -0.39 is 5.41 Å². The van der Waals surface area contributed by atoms with E-state index >= 15 is 0 Å². The van der Waals surface area contributed by atoms with E-state index in [9.17, 15) is 9.59 Å². The summed E-state index contributed by atoms with van der Waals surface area (Å²) in [5.74, 6) is -0.641. The number of hydrogen-bond donors (Lipinski definition) is 2. The molecule has 0 aromatic heterocycles. The number of nitrogens with one attached hydrogen (secondary N) is 2. The molecule has 0 atom stereocenters. The third-order valence-electron chi connectivity index (χ3n) is 4.18. The zero-order valence-corrected chi connectivity index (χ0v) is 14.5. The van der Waals surface area contributed by atoms with Crippen molar-refractivity contribution < 1.29 is 9.59 Å². The molecule has 2 aromatic rings. The van der Waals surface area contributed by atoms with Crippen molar-refractivity contribution in [3.05, 3.63) is 58.1 Å². The van der Waals surface area contributed by atoms with Crippen LogP contribution in [0.2, 0.25) is 10.0 Å². The zero-order valence-electron chi connectivity index (χ0n) is 13.0. The Labute approximate surface area is 150 Å². The lowest BCUT2D eigenvalue weighted by molar-refractivity contribution is -0.131. The number of halogens is 2. The van der Waals surface area contributed by atoms with Crippen molar-refractivity contribution in [3.8, 4) is 0 Å². The quantitative estimate of drug-likeness (QED) is 0.777. The van der Waals surface area contributed by atoms with E-state index in [0.717, 1.165) is 5.56 Å². The van der Waals surface area contributed by atoms with Gasteiger partial charge in [-0.3, -0.25) is 9.59 Å². The number of rotatable bonds is 4. The maximum atomic E-state index is 12.6. The SMILES string of the molecule is Cc1cc(Cl)ccc1NC(=O)C1(C(=O)Nc2ccccc2Cl)CC1. The lowest BCUT2D eigenvalue weighted by Crippen LogP contribution is -2.35. The molecule has 2 amide bonds. The molecule has 0 unspecified atom stereocenters. The molecule has 0 spiro atoms. The normalized spacial score (nSPS) is 14.8. The summed E-state index contributed by atoms with van der Waals surface area (Å²) in [6.07, 6.45) is 1.03. The number of hydrogen-bond acceptors (Lipinski definition) is 2. The number of aryl methyl sites for hydroxylation is 1. The van der Waals surface area contributed by atoms with E-state index in [0.29, 0.717) is 34.3 Å². The molecule has 2 N–H and O–H groups in total. The standard InChI is InChI=1S/C18H16Cl2N2O2/c1-11-10-12(19)6-7-14(11)21-16(23)18(8-9-18)17(24)22-15-5-3-2-4-13(15)20/h2-7,10H,8-9H2,1H3,(H,21,23)(H,22,24). The Morgan fingerprint density at radius 3 is 2.17 bits per heavy atom. The fourth-order valence-electron chi connectivity index (χ4n) is 2.50. The van der Waals surface area contributed by atoms with Crippen molar-refractivity contribution in [2.75, 3.05) is 10.6 Å². The summed E-state index contributed by atoms with van der Waals surface area (Å²) < 4.78 is 0. The smallest absolute Gasteiger partial charge is 0.240 e. The molecule has 1 saturated carbocycles. The molecule has 0 radical (unpaired) electrons. The van der Waals surface area contributed by atoms with E-state index in [-0.39, 0.29) is 11.8 Å². The maximum Gasteiger partial charge on any atom is 0.240 e. The third-order valence-corrected chi connectivity index (χ3v) is 4.74. The molecule has 0 heterocycles. The highest BCUT2D eigenvalue weighted by molar-refractivity contribution is 6.34. The van der Waals surface area contributed by atoms with Crippen LogP contribution in [0.15, 0.2) is 42.5 Å². The Kier molecular flexibility index (Phi) is 4.52. The average molecular weight is 363 g/mol. The molecule has 2 aromatic carbocycles. The first-order chi connectivity index (χ1) is 11.4. The second-order valence-corrected chi connectivity index (χ2v) is 6.77. The Hall–Kier alpha value is -2.04. The van der Waals surface area contributed by atoms with Crippen molar-refractivity contribution in [3.63, 3.8) is 0 Å². The highest BCUT2D eigenvalue weighted by atomic mass is 35.5. The van der Waals surface area contributed by atoms with Crippen LogP contribution in [0, 0.1) is 12.3 Å². The monoisotopic (exact) mass is 362 g/mol. The highest BCUT2D eigenvalue weighted by Gasteiger charge is 2.56. The molecule has 1 aliphatic rings. The molecule has 0 bridgehead atoms. The summed E-state index contributed by atoms with van der Waals surface area (Å²) in [5.41, 5.74) is 0.968. The summed E-state index contributed by atoms with van der Waals surface area (Å²) in [6, 6.07) is 12.1. The van der Waals surface area contributed by atoms with Gasteiger partial charge in [0.1, 0.15) is 5.41 Å². The average Bonchev–Trinajstić information content (AvgIpc) is 3.34. The van der Waals surface area contributed by atoms with Gasteiger partial charge in [-0.15, -0.1) is 0 Å². The largest absolute Gasteiger partial charge is 0.325 e. The van der Waals surface area contributed by atoms with Gasteiger partial charge in [0, 0.05) is 10.7 Å². The van der Waals surface area contributed by atoms with Gasteiger partial charge in [-0.25, -0.2) is 0 Å². The number of amides is 2. The molecule has 0 saturated heterocycles. The van der Waals surface area contributed by atoms with Gasteiger partial charge in [-0.05, 0) is 55.7 Å². The van der Waals surface area contributed by atoms with Crippen LogP contribution in [0.5, 0.6) is 0 Å². The van der Waals surface area contributed by atoms with E-state index in [1.165, 1.54) is 0 Å². The van der Waals surface area contributed by atoms with Crippen molar-refractivity contribution >= 4 is 46.4 Å². The van der Waals surface area contributed by atoms with E-state index in [1.54, 1.807) is 42.5 Å². The minimum atomic E-state index is -1.04. The highest BCUT2D eigenvalue weighted by Crippen LogP contribution is 2.48. The molecular formula is C18H16Cl2N2O2. The number of benzene rings is 2. The van der Waals surface area contributed by atoms with Crippen LogP contribution >= 0.6 is 23.2 Å². The molecule has 124 valence electrons. The minimum absolute atomic E-state index is 0.308. The van der Waals surface area contributed by atoms with Crippen LogP contribution in [0.1, 0.15) is 18.4 Å². The maximum absolute atomic E-state index is 12.6. The van der Waals surface area contributed by atoms with E-state index in [2.05, 4.69) is 10.6 Å². The molecule has 24 heavy (non-hydrogen) atoms. The summed E-state index contributed by atoms with van der Waals surface area (Å²) >= 11 is 12.0. The molecule has 1 fully saturated rings. The van der Waals surface area contributed by atoms with Gasteiger partial charge in [0.25, 0.3) is 0 Å². The van der Waals surface area contributed by atoms with E-state index in [4.69, 9.17) is 23.2 Å². The van der Waals surface area contributed by atoms with Crippen molar-refractivity contribution in [2.45, 2.75) is 19.8 Å². The third kappa shape index (κ3) is 3.25. The van der Waals surface area contributed by atoms with Gasteiger partial charge >= 0.3 is 0 Å². The summed E-state index contributed by atoms with van der Waals surface area (Å²) in [4.78, 5) is 25.2. The van der Waals surface area contributed by atoms with Gasteiger partial charge in [-0.1, -0.05) is 35.3 Å². The number of carbonyl (C=O) groups excluding carboxylic acids is 2. The Morgan fingerprint density at radius 1 is 0.958 bits per heavy atom. The van der Waals surface area contributed by atoms with Crippen molar-refractivity contribution in [2.24, 2.45) is 5.41 Å². The Balaban J connectivity index is 1.74. The van der Waals surface area contributed by atoms with Crippen LogP contribution in [-0.2, 0) is 9.59 Å². The summed E-state index contributed by atoms with van der Waals surface area (Å²) in [7, 11) is 0. The van der Waals surface area contributed by atoms with Gasteiger partial charge in [0.15, 0.2) is 0 Å². The van der Waals surface area contributed by atoms with Crippen LogP contribution in [0.4, 0.5) is 11.4 Å². The first-order valence-electron chi connectivity index (χ1n) is 7.56. The minimum Gasteiger partial charge on any atom is -0.325 e. The molecule has 0 aliphatic heterocycles. The van der Waals surface area contributed by atoms with Gasteiger partial charge in [0.05, 0.1) is 10.7 Å². The predicted octanol–water partition coefficient (Wildman–Crippen LogP) is 4.66. The lowest BCUT2D eigenvalue weighted by Gasteiger charge is -2.17. The summed E-state index contributed by atoms with van der Waals surface area (Å²) in [6.45, 7) is 1.85. The van der Waals surface area contributed by atoms with Crippen LogP contribution in [0.3, 0.4) is 0 Å². The molecule has 6 heteroatoms. The van der Waals surface area contributed by atoms with Gasteiger partial charge in [0.2, 0.25) is 11.8 Å². The molecule has 1 aliphatic carbocycles. The van der Waals surface area contributed by atoms with Crippen LogP contribution in [-0.4, -0.2) is 11.8 Å². The van der Waals surface area contributed by atoms with Crippen molar-refractivity contribution in [1.82, 2.24) is 0 Å². The Morgan fingerprint density at radius 2 is 1.58 bits per heavy atom. The van der Waals surface area contributed by atoms with Crippen molar-refractivity contribution in [1.29, 1.82) is 0 Å². The number of carbonyl (C=O) groups is 2. The van der Waals surface area contributed by atoms with Gasteiger partial charge in [-0.2, -0.15) is 0 Å². The Bertz CT molecular complexity index is 816. The second kappa shape index (κ2) is 6.46. The topological polar surface area (TPSA) is 58.2 Å².